The molecule has 0 spiro atoms. The molecule has 0 aromatic carbocycles. The maximum atomic E-state index is 12.8. The zero-order valence-corrected chi connectivity index (χ0v) is 15.7. The fourth-order valence-electron chi connectivity index (χ4n) is 2.98. The smallest absolute Gasteiger partial charge is 0.370 e. The molecule has 1 fully saturated rings. The van der Waals surface area contributed by atoms with Crippen LogP contribution in [0, 0.1) is 12.8 Å². The molecule has 0 radical (unpaired) electrons. The summed E-state index contributed by atoms with van der Waals surface area (Å²) in [6, 6.07) is 1.46. The summed E-state index contributed by atoms with van der Waals surface area (Å²) >= 11 is 0. The Kier molecular flexibility index (Phi) is 5.40. The molecule has 1 saturated heterocycles. The summed E-state index contributed by atoms with van der Waals surface area (Å²) in [5.74, 6) is -1.57. The highest BCUT2D eigenvalue weighted by molar-refractivity contribution is 7.90. The van der Waals surface area contributed by atoms with Gasteiger partial charge in [-0.15, -0.1) is 5.10 Å². The molecule has 0 atom stereocenters. The van der Waals surface area contributed by atoms with E-state index < -0.39 is 27.5 Å². The van der Waals surface area contributed by atoms with E-state index in [2.05, 4.69) is 20.4 Å². The molecule has 0 aliphatic carbocycles. The van der Waals surface area contributed by atoms with E-state index in [-0.39, 0.29) is 50.0 Å². The molecule has 3 rings (SSSR count). The third kappa shape index (κ3) is 4.39. The average molecular weight is 446 g/mol. The standard InChI is InChI=1S/C14H16F6N6O2S/c1-8-6-10(26-12(22-8)23-11(24-26)13(15,16)17)21-7-9-2-4-25(5-3-9)29(27,28)14(18,19)20/h6,9,21H,2-5,7H2,1H3. The Hall–Kier alpha value is -2.16. The lowest BCUT2D eigenvalue weighted by Crippen LogP contribution is -2.45. The molecule has 3 heterocycles. The van der Waals surface area contributed by atoms with Gasteiger partial charge in [0.25, 0.3) is 11.6 Å². The van der Waals surface area contributed by atoms with E-state index in [9.17, 15) is 34.8 Å². The summed E-state index contributed by atoms with van der Waals surface area (Å²) in [7, 11) is -5.36. The van der Waals surface area contributed by atoms with Crippen LogP contribution in [0.5, 0.6) is 0 Å². The van der Waals surface area contributed by atoms with Crippen LogP contribution in [0.3, 0.4) is 0 Å². The van der Waals surface area contributed by atoms with Crippen molar-refractivity contribution in [2.24, 2.45) is 5.92 Å². The van der Waals surface area contributed by atoms with Gasteiger partial charge in [0, 0.05) is 31.4 Å². The minimum absolute atomic E-state index is 0.167. The van der Waals surface area contributed by atoms with Crippen molar-refractivity contribution in [3.8, 4) is 0 Å². The highest BCUT2D eigenvalue weighted by atomic mass is 32.2. The number of hydrogen-bond donors (Lipinski definition) is 1. The van der Waals surface area contributed by atoms with Crippen molar-refractivity contribution in [3.63, 3.8) is 0 Å². The maximum Gasteiger partial charge on any atom is 0.511 e. The van der Waals surface area contributed by atoms with Crippen molar-refractivity contribution >= 4 is 21.6 Å². The molecule has 0 saturated carbocycles. The van der Waals surface area contributed by atoms with Crippen LogP contribution in [0.15, 0.2) is 6.07 Å². The number of rotatable bonds is 4. The van der Waals surface area contributed by atoms with Crippen LogP contribution in [0.2, 0.25) is 0 Å². The van der Waals surface area contributed by atoms with Gasteiger partial charge in [0.1, 0.15) is 5.82 Å². The SMILES string of the molecule is Cc1cc(NCC2CCN(S(=O)(=O)C(F)(F)F)CC2)n2nc(C(F)(F)F)nc2n1. The lowest BCUT2D eigenvalue weighted by Gasteiger charge is -2.31. The lowest BCUT2D eigenvalue weighted by atomic mass is 9.98. The van der Waals surface area contributed by atoms with Crippen LogP contribution in [-0.4, -0.2) is 57.4 Å². The first-order valence-corrected chi connectivity index (χ1v) is 9.85. The van der Waals surface area contributed by atoms with Gasteiger partial charge < -0.3 is 5.32 Å². The van der Waals surface area contributed by atoms with Gasteiger partial charge in [0.15, 0.2) is 0 Å². The molecule has 2 aromatic heterocycles. The van der Waals surface area contributed by atoms with E-state index in [0.717, 1.165) is 4.52 Å². The number of halogens is 6. The second-order valence-electron chi connectivity index (χ2n) is 6.60. The van der Waals surface area contributed by atoms with Crippen LogP contribution >= 0.6 is 0 Å². The van der Waals surface area contributed by atoms with Crippen LogP contribution in [0.1, 0.15) is 24.4 Å². The molecular weight excluding hydrogens is 430 g/mol. The van der Waals surface area contributed by atoms with Gasteiger partial charge in [-0.05, 0) is 25.7 Å². The molecule has 0 amide bonds. The summed E-state index contributed by atoms with van der Waals surface area (Å²) in [5, 5.41) is 6.31. The van der Waals surface area contributed by atoms with Crippen LogP contribution in [-0.2, 0) is 16.2 Å². The predicted octanol–water partition coefficient (Wildman–Crippen LogP) is 2.43. The molecular formula is C14H16F6N6O2S. The third-order valence-corrected chi connectivity index (χ3v) is 6.10. The number of nitrogens with one attached hydrogen (secondary N) is 1. The third-order valence-electron chi connectivity index (χ3n) is 4.47. The fraction of sp³-hybridized carbons (Fsp3) is 0.643. The number of piperidine rings is 1. The summed E-state index contributed by atoms with van der Waals surface area (Å²) in [5.41, 5.74) is -4.95. The van der Waals surface area contributed by atoms with E-state index in [4.69, 9.17) is 0 Å². The number of aryl methyl sites for hydroxylation is 1. The Morgan fingerprint density at radius 3 is 2.31 bits per heavy atom. The summed E-state index contributed by atoms with van der Waals surface area (Å²) in [6.07, 6.45) is -4.41. The molecule has 15 heteroatoms. The van der Waals surface area contributed by atoms with Crippen molar-refractivity contribution in [1.82, 2.24) is 23.9 Å². The number of nitrogens with zero attached hydrogens (tertiary/aromatic N) is 5. The number of anilines is 1. The number of aromatic nitrogens is 4. The molecule has 8 nitrogen and oxygen atoms in total. The number of alkyl halides is 6. The van der Waals surface area contributed by atoms with Gasteiger partial charge in [0.2, 0.25) is 0 Å². The van der Waals surface area contributed by atoms with Crippen molar-refractivity contribution in [1.29, 1.82) is 0 Å². The van der Waals surface area contributed by atoms with E-state index in [1.165, 1.54) is 6.07 Å². The highest BCUT2D eigenvalue weighted by Crippen LogP contribution is 2.31. The lowest BCUT2D eigenvalue weighted by molar-refractivity contribution is -0.144. The predicted molar refractivity (Wildman–Crippen MR) is 88.3 cm³/mol. The van der Waals surface area contributed by atoms with E-state index in [0.29, 0.717) is 10.00 Å². The average Bonchev–Trinajstić information content (AvgIpc) is 3.03. The fourth-order valence-corrected chi connectivity index (χ4v) is 3.97. The minimum Gasteiger partial charge on any atom is -0.370 e. The summed E-state index contributed by atoms with van der Waals surface area (Å²) < 4.78 is 100. The Balaban J connectivity index is 1.69. The van der Waals surface area contributed by atoms with E-state index in [1.54, 1.807) is 6.92 Å². The highest BCUT2D eigenvalue weighted by Gasteiger charge is 2.50. The molecule has 162 valence electrons. The normalized spacial score (nSPS) is 17.8. The van der Waals surface area contributed by atoms with E-state index in [1.807, 2.05) is 0 Å². The van der Waals surface area contributed by atoms with Crippen molar-refractivity contribution in [2.75, 3.05) is 25.0 Å². The van der Waals surface area contributed by atoms with Crippen LogP contribution in [0.4, 0.5) is 32.2 Å². The van der Waals surface area contributed by atoms with E-state index >= 15 is 0 Å². The molecule has 0 unspecified atom stereocenters. The van der Waals surface area contributed by atoms with Crippen molar-refractivity contribution in [2.45, 2.75) is 31.5 Å². The minimum atomic E-state index is -5.36. The quantitative estimate of drug-likeness (QED) is 0.726. The Bertz CT molecular complexity index is 994. The van der Waals surface area contributed by atoms with Gasteiger partial charge in [-0.25, -0.2) is 13.4 Å². The van der Waals surface area contributed by atoms with Gasteiger partial charge in [0.05, 0.1) is 0 Å². The Morgan fingerprint density at radius 2 is 1.76 bits per heavy atom. The molecule has 2 aromatic rings. The monoisotopic (exact) mass is 446 g/mol. The zero-order chi connectivity index (χ0) is 21.6. The van der Waals surface area contributed by atoms with Crippen molar-refractivity contribution < 1.29 is 34.8 Å². The number of sulfonamides is 1. The zero-order valence-electron chi connectivity index (χ0n) is 14.9. The first-order chi connectivity index (χ1) is 13.3. The van der Waals surface area contributed by atoms with Gasteiger partial charge in [-0.2, -0.15) is 40.1 Å². The Morgan fingerprint density at radius 1 is 1.14 bits per heavy atom. The van der Waals surface area contributed by atoms with Gasteiger partial charge >= 0.3 is 21.7 Å². The molecule has 1 aliphatic rings. The summed E-state index contributed by atoms with van der Waals surface area (Å²) in [6.45, 7) is 1.19. The molecule has 0 bridgehead atoms. The second kappa shape index (κ2) is 7.27. The number of fused-ring (bicyclic) bond motifs is 1. The first kappa shape index (κ1) is 21.5. The molecule has 1 N–H and O–H groups in total. The molecule has 1 aliphatic heterocycles. The van der Waals surface area contributed by atoms with Crippen molar-refractivity contribution in [3.05, 3.63) is 17.6 Å². The Labute approximate surface area is 161 Å². The second-order valence-corrected chi connectivity index (χ2v) is 8.53. The van der Waals surface area contributed by atoms with Crippen LogP contribution in [0.25, 0.3) is 5.78 Å². The largest absolute Gasteiger partial charge is 0.511 e. The summed E-state index contributed by atoms with van der Waals surface area (Å²) in [4.78, 5) is 7.25. The maximum absolute atomic E-state index is 12.8. The first-order valence-electron chi connectivity index (χ1n) is 8.41. The van der Waals surface area contributed by atoms with Gasteiger partial charge in [-0.3, -0.25) is 0 Å². The topological polar surface area (TPSA) is 92.5 Å². The van der Waals surface area contributed by atoms with Gasteiger partial charge in [-0.1, -0.05) is 0 Å². The van der Waals surface area contributed by atoms with Crippen LogP contribution < -0.4 is 5.32 Å². The number of hydrogen-bond acceptors (Lipinski definition) is 6. The molecule has 29 heavy (non-hydrogen) atoms.